The van der Waals surface area contributed by atoms with Crippen LogP contribution in [0.15, 0.2) is 30.3 Å². The molecule has 1 aliphatic carbocycles. The Morgan fingerprint density at radius 1 is 1.35 bits per heavy atom. The zero-order chi connectivity index (χ0) is 14.2. The van der Waals surface area contributed by atoms with Gasteiger partial charge >= 0.3 is 0 Å². The number of β-amino-alcohol motifs (C(OH)–C–C–N with tert-alkyl or cyclic N) is 1. The van der Waals surface area contributed by atoms with E-state index in [1.807, 2.05) is 23.1 Å². The Kier molecular flexibility index (Phi) is 3.55. The number of aliphatic hydroxyl groups excluding tert-OH is 1. The van der Waals surface area contributed by atoms with Crippen molar-refractivity contribution in [1.29, 1.82) is 0 Å². The number of carbonyl (C=O) groups excluding carboxylic acids is 1. The second-order valence-corrected chi connectivity index (χ2v) is 6.53. The van der Waals surface area contributed by atoms with Crippen molar-refractivity contribution in [1.82, 2.24) is 4.90 Å². The Hall–Kier alpha value is -1.35. The molecule has 1 aromatic carbocycles. The Labute approximate surface area is 120 Å². The lowest BCUT2D eigenvalue weighted by atomic mass is 9.91. The zero-order valence-electron chi connectivity index (χ0n) is 12.1. The van der Waals surface area contributed by atoms with Crippen LogP contribution in [0.1, 0.15) is 31.7 Å². The van der Waals surface area contributed by atoms with Gasteiger partial charge in [-0.15, -0.1) is 0 Å². The average molecular weight is 273 g/mol. The summed E-state index contributed by atoms with van der Waals surface area (Å²) < 4.78 is 0. The van der Waals surface area contributed by atoms with Crippen LogP contribution in [0.25, 0.3) is 0 Å². The first-order valence-corrected chi connectivity index (χ1v) is 7.62. The number of likely N-dealkylation sites (tertiary alicyclic amines) is 1. The van der Waals surface area contributed by atoms with Crippen molar-refractivity contribution < 1.29 is 9.90 Å². The summed E-state index contributed by atoms with van der Waals surface area (Å²) in [6.07, 6.45) is 3.37. The molecule has 2 unspecified atom stereocenters. The molecule has 1 heterocycles. The van der Waals surface area contributed by atoms with Gasteiger partial charge in [0.15, 0.2) is 0 Å². The van der Waals surface area contributed by atoms with E-state index < -0.39 is 0 Å². The minimum absolute atomic E-state index is 0.179. The molecule has 1 saturated heterocycles. The van der Waals surface area contributed by atoms with E-state index in [4.69, 9.17) is 0 Å². The highest BCUT2D eigenvalue weighted by Crippen LogP contribution is 2.50. The van der Waals surface area contributed by atoms with Crippen LogP contribution in [0.2, 0.25) is 0 Å². The minimum Gasteiger partial charge on any atom is -0.391 e. The molecule has 108 valence electrons. The van der Waals surface area contributed by atoms with E-state index in [0.29, 0.717) is 12.5 Å². The third kappa shape index (κ3) is 2.59. The normalized spacial score (nSPS) is 28.2. The number of aliphatic hydroxyl groups is 1. The van der Waals surface area contributed by atoms with Gasteiger partial charge in [0.25, 0.3) is 0 Å². The smallest absolute Gasteiger partial charge is 0.229 e. The summed E-state index contributed by atoms with van der Waals surface area (Å²) in [5, 5.41) is 9.98. The maximum absolute atomic E-state index is 12.8. The predicted molar refractivity (Wildman–Crippen MR) is 78.2 cm³/mol. The molecule has 1 aromatic rings. The molecule has 1 amide bonds. The van der Waals surface area contributed by atoms with Crippen LogP contribution in [-0.2, 0) is 11.2 Å². The SMILES string of the molecule is CC1CCN(C(=O)C2(Cc3ccccc3)CC2)CC1O. The van der Waals surface area contributed by atoms with Gasteiger partial charge < -0.3 is 10.0 Å². The first kappa shape index (κ1) is 13.6. The topological polar surface area (TPSA) is 40.5 Å². The number of hydrogen-bond acceptors (Lipinski definition) is 2. The fourth-order valence-corrected chi connectivity index (χ4v) is 3.17. The molecule has 2 atom stereocenters. The van der Waals surface area contributed by atoms with Gasteiger partial charge in [-0.05, 0) is 37.2 Å². The molecule has 1 saturated carbocycles. The van der Waals surface area contributed by atoms with Gasteiger partial charge in [0, 0.05) is 13.1 Å². The highest BCUT2D eigenvalue weighted by molar-refractivity contribution is 5.85. The van der Waals surface area contributed by atoms with E-state index in [1.54, 1.807) is 0 Å². The van der Waals surface area contributed by atoms with Crippen LogP contribution in [-0.4, -0.2) is 35.1 Å². The molecule has 1 aliphatic heterocycles. The van der Waals surface area contributed by atoms with E-state index in [2.05, 4.69) is 19.1 Å². The number of amides is 1. The number of carbonyl (C=O) groups is 1. The molecule has 3 nitrogen and oxygen atoms in total. The summed E-state index contributed by atoms with van der Waals surface area (Å²) in [6.45, 7) is 3.37. The van der Waals surface area contributed by atoms with E-state index in [-0.39, 0.29) is 17.4 Å². The predicted octanol–water partition coefficient (Wildman–Crippen LogP) is 2.24. The van der Waals surface area contributed by atoms with Crippen molar-refractivity contribution in [3.8, 4) is 0 Å². The fourth-order valence-electron chi connectivity index (χ4n) is 3.17. The molecule has 2 aliphatic rings. The van der Waals surface area contributed by atoms with E-state index >= 15 is 0 Å². The maximum Gasteiger partial charge on any atom is 0.229 e. The molecule has 20 heavy (non-hydrogen) atoms. The maximum atomic E-state index is 12.8. The Morgan fingerprint density at radius 3 is 2.65 bits per heavy atom. The molecule has 0 spiro atoms. The lowest BCUT2D eigenvalue weighted by Gasteiger charge is -2.36. The van der Waals surface area contributed by atoms with Gasteiger partial charge in [-0.25, -0.2) is 0 Å². The first-order chi connectivity index (χ1) is 9.61. The number of hydrogen-bond donors (Lipinski definition) is 1. The summed E-state index contributed by atoms with van der Waals surface area (Å²) in [4.78, 5) is 14.6. The molecule has 3 heteroatoms. The quantitative estimate of drug-likeness (QED) is 0.917. The summed E-state index contributed by atoms with van der Waals surface area (Å²) in [5.41, 5.74) is 1.06. The lowest BCUT2D eigenvalue weighted by molar-refractivity contribution is -0.141. The lowest BCUT2D eigenvalue weighted by Crippen LogP contribution is -2.48. The highest BCUT2D eigenvalue weighted by Gasteiger charge is 2.52. The van der Waals surface area contributed by atoms with Crippen LogP contribution in [0.5, 0.6) is 0 Å². The molecule has 0 aromatic heterocycles. The highest BCUT2D eigenvalue weighted by atomic mass is 16.3. The van der Waals surface area contributed by atoms with Crippen molar-refractivity contribution in [2.24, 2.45) is 11.3 Å². The van der Waals surface area contributed by atoms with E-state index in [1.165, 1.54) is 5.56 Å². The van der Waals surface area contributed by atoms with Crippen molar-refractivity contribution in [2.75, 3.05) is 13.1 Å². The number of nitrogens with zero attached hydrogens (tertiary/aromatic N) is 1. The third-order valence-electron chi connectivity index (χ3n) is 4.90. The van der Waals surface area contributed by atoms with Gasteiger partial charge in [-0.3, -0.25) is 4.79 Å². The zero-order valence-corrected chi connectivity index (χ0v) is 12.1. The monoisotopic (exact) mass is 273 g/mol. The van der Waals surface area contributed by atoms with Gasteiger partial charge in [-0.1, -0.05) is 37.3 Å². The van der Waals surface area contributed by atoms with Crippen molar-refractivity contribution in [2.45, 2.75) is 38.7 Å². The molecule has 0 radical (unpaired) electrons. The van der Waals surface area contributed by atoms with Crippen LogP contribution in [0.3, 0.4) is 0 Å². The first-order valence-electron chi connectivity index (χ1n) is 7.62. The van der Waals surface area contributed by atoms with Crippen LogP contribution in [0, 0.1) is 11.3 Å². The van der Waals surface area contributed by atoms with Crippen LogP contribution in [0.4, 0.5) is 0 Å². The second-order valence-electron chi connectivity index (χ2n) is 6.53. The van der Waals surface area contributed by atoms with Gasteiger partial charge in [0.05, 0.1) is 11.5 Å². The molecule has 2 fully saturated rings. The third-order valence-corrected chi connectivity index (χ3v) is 4.90. The van der Waals surface area contributed by atoms with Gasteiger partial charge in [-0.2, -0.15) is 0 Å². The second kappa shape index (κ2) is 5.21. The molecule has 3 rings (SSSR count). The van der Waals surface area contributed by atoms with Crippen molar-refractivity contribution in [3.05, 3.63) is 35.9 Å². The van der Waals surface area contributed by atoms with Crippen molar-refractivity contribution >= 4 is 5.91 Å². The Bertz CT molecular complexity index is 481. The minimum atomic E-state index is -0.361. The molecular formula is C17H23NO2. The van der Waals surface area contributed by atoms with E-state index in [0.717, 1.165) is 32.2 Å². The average Bonchev–Trinajstić information content (AvgIpc) is 3.23. The standard InChI is InChI=1S/C17H23NO2/c1-13-7-10-18(12-15(13)19)16(20)17(8-9-17)11-14-5-3-2-4-6-14/h2-6,13,15,19H,7-12H2,1H3. The number of piperidine rings is 1. The molecular weight excluding hydrogens is 250 g/mol. The van der Waals surface area contributed by atoms with Gasteiger partial charge in [0.1, 0.15) is 0 Å². The van der Waals surface area contributed by atoms with Crippen molar-refractivity contribution in [3.63, 3.8) is 0 Å². The summed E-state index contributed by atoms with van der Waals surface area (Å²) in [5.74, 6) is 0.565. The van der Waals surface area contributed by atoms with E-state index in [9.17, 15) is 9.90 Å². The van der Waals surface area contributed by atoms with Crippen LogP contribution >= 0.6 is 0 Å². The number of rotatable bonds is 3. The fraction of sp³-hybridized carbons (Fsp3) is 0.588. The summed E-state index contributed by atoms with van der Waals surface area (Å²) >= 11 is 0. The van der Waals surface area contributed by atoms with Gasteiger partial charge in [0.2, 0.25) is 5.91 Å². The number of benzene rings is 1. The summed E-state index contributed by atoms with van der Waals surface area (Å²) in [6, 6.07) is 10.3. The summed E-state index contributed by atoms with van der Waals surface area (Å²) in [7, 11) is 0. The molecule has 0 bridgehead atoms. The van der Waals surface area contributed by atoms with Crippen LogP contribution < -0.4 is 0 Å². The Morgan fingerprint density at radius 2 is 2.05 bits per heavy atom. The Balaban J connectivity index is 1.67. The molecule has 1 N–H and O–H groups in total. The largest absolute Gasteiger partial charge is 0.391 e.